The van der Waals surface area contributed by atoms with Crippen molar-refractivity contribution in [3.63, 3.8) is 0 Å². The van der Waals surface area contributed by atoms with Gasteiger partial charge in [0.2, 0.25) is 5.88 Å². The zero-order valence-electron chi connectivity index (χ0n) is 25.4. The van der Waals surface area contributed by atoms with Crippen LogP contribution >= 0.6 is 11.6 Å². The van der Waals surface area contributed by atoms with E-state index in [-0.39, 0.29) is 33.3 Å². The summed E-state index contributed by atoms with van der Waals surface area (Å²) in [6.45, 7) is 4.80. The van der Waals surface area contributed by atoms with Gasteiger partial charge in [-0.25, -0.2) is 4.98 Å². The molecule has 0 bridgehead atoms. The number of benzene rings is 2. The van der Waals surface area contributed by atoms with Crippen molar-refractivity contribution in [3.8, 4) is 45.3 Å². The lowest BCUT2D eigenvalue weighted by Crippen LogP contribution is -2.24. The van der Waals surface area contributed by atoms with Gasteiger partial charge in [-0.15, -0.1) is 0 Å². The lowest BCUT2D eigenvalue weighted by molar-refractivity contribution is -0.136. The number of nitrogens with one attached hydrogen (secondary N) is 2. The molecule has 12 heteroatoms. The normalized spacial score (nSPS) is 13.0. The molecule has 0 saturated heterocycles. The Morgan fingerprint density at radius 1 is 0.844 bits per heavy atom. The summed E-state index contributed by atoms with van der Waals surface area (Å²) in [5.74, 6) is 0.711. The summed E-state index contributed by atoms with van der Waals surface area (Å²) in [6.07, 6.45) is -4.41. The van der Waals surface area contributed by atoms with Gasteiger partial charge in [0.05, 0.1) is 48.4 Å². The Kier molecular flexibility index (Phi) is 11.4. The molecule has 0 amide bonds. The van der Waals surface area contributed by atoms with Crippen molar-refractivity contribution >= 4 is 11.6 Å². The molecule has 240 valence electrons. The first-order valence-electron chi connectivity index (χ1n) is 14.3. The number of methoxy groups -OCH3 is 2. The zero-order valence-corrected chi connectivity index (χ0v) is 26.1. The van der Waals surface area contributed by atoms with Crippen LogP contribution in [-0.2, 0) is 19.3 Å². The number of hydrogen-bond acceptors (Lipinski definition) is 8. The molecule has 0 spiro atoms. The predicted octanol–water partition coefficient (Wildman–Crippen LogP) is 6.11. The van der Waals surface area contributed by atoms with E-state index in [1.807, 2.05) is 6.07 Å². The van der Waals surface area contributed by atoms with E-state index in [0.29, 0.717) is 48.7 Å². The number of pyridine rings is 2. The van der Waals surface area contributed by atoms with Gasteiger partial charge in [0.15, 0.2) is 0 Å². The molecule has 4 N–H and O–H groups in total. The van der Waals surface area contributed by atoms with Crippen molar-refractivity contribution in [2.75, 3.05) is 27.3 Å². The zero-order chi connectivity index (χ0) is 32.7. The summed E-state index contributed by atoms with van der Waals surface area (Å²) in [5, 5.41) is 25.3. The molecule has 0 saturated carbocycles. The topological polar surface area (TPSA) is 109 Å². The van der Waals surface area contributed by atoms with Crippen molar-refractivity contribution in [2.24, 2.45) is 0 Å². The molecule has 4 rings (SSSR count). The average molecular weight is 645 g/mol. The molecule has 0 aliphatic heterocycles. The van der Waals surface area contributed by atoms with E-state index in [1.165, 1.54) is 50.7 Å². The first-order chi connectivity index (χ1) is 21.4. The molecule has 0 aliphatic rings. The van der Waals surface area contributed by atoms with E-state index in [2.05, 4.69) is 20.6 Å². The van der Waals surface area contributed by atoms with E-state index in [0.717, 1.165) is 5.56 Å². The highest BCUT2D eigenvalue weighted by molar-refractivity contribution is 6.35. The summed E-state index contributed by atoms with van der Waals surface area (Å²) in [6, 6.07) is 14.2. The molecule has 0 radical (unpaired) electrons. The van der Waals surface area contributed by atoms with Gasteiger partial charge in [-0.1, -0.05) is 48.0 Å². The highest BCUT2D eigenvalue weighted by Gasteiger charge is 2.38. The number of hydrogen-bond donors (Lipinski definition) is 4. The van der Waals surface area contributed by atoms with Crippen LogP contribution in [0.4, 0.5) is 13.2 Å². The summed E-state index contributed by atoms with van der Waals surface area (Å²) in [4.78, 5) is 8.81. The van der Waals surface area contributed by atoms with Gasteiger partial charge in [-0.05, 0) is 37.6 Å². The van der Waals surface area contributed by atoms with Gasteiger partial charge >= 0.3 is 6.18 Å². The number of aliphatic hydroxyl groups is 2. The fraction of sp³-hybridized carbons (Fsp3) is 0.333. The highest BCUT2D eigenvalue weighted by atomic mass is 35.5. The summed E-state index contributed by atoms with van der Waals surface area (Å²) in [5.41, 5.74) is 1.41. The van der Waals surface area contributed by atoms with Gasteiger partial charge in [0, 0.05) is 60.2 Å². The second-order valence-corrected chi connectivity index (χ2v) is 11.0. The average Bonchev–Trinajstić information content (AvgIpc) is 3.00. The maximum Gasteiger partial charge on any atom is 0.417 e. The Morgan fingerprint density at radius 2 is 1.49 bits per heavy atom. The number of rotatable bonds is 13. The van der Waals surface area contributed by atoms with Crippen molar-refractivity contribution in [1.82, 2.24) is 20.6 Å². The molecule has 2 aromatic heterocycles. The Morgan fingerprint density at radius 3 is 2.11 bits per heavy atom. The number of halogens is 4. The monoisotopic (exact) mass is 644 g/mol. The van der Waals surface area contributed by atoms with Crippen LogP contribution in [0.25, 0.3) is 33.6 Å². The molecule has 2 heterocycles. The lowest BCUT2D eigenvalue weighted by Gasteiger charge is -2.20. The van der Waals surface area contributed by atoms with Crippen molar-refractivity contribution in [2.45, 2.75) is 45.3 Å². The SMILES string of the molecule is COc1cc(-c2nccc(-c3cccc(-c4ccc(CNC[C@H](C)O)c(OC)n4)c3C(F)(F)F)c2Cl)ccc1CNC[C@@H](C)O. The highest BCUT2D eigenvalue weighted by Crippen LogP contribution is 2.46. The van der Waals surface area contributed by atoms with Crippen LogP contribution in [0.2, 0.25) is 5.02 Å². The number of aliphatic hydroxyl groups excluding tert-OH is 2. The fourth-order valence-corrected chi connectivity index (χ4v) is 5.27. The maximum absolute atomic E-state index is 14.8. The van der Waals surface area contributed by atoms with Crippen LogP contribution in [0.5, 0.6) is 11.6 Å². The summed E-state index contributed by atoms with van der Waals surface area (Å²) >= 11 is 6.82. The van der Waals surface area contributed by atoms with E-state index in [4.69, 9.17) is 21.1 Å². The molecule has 2 aromatic carbocycles. The number of aromatic nitrogens is 2. The van der Waals surface area contributed by atoms with Gasteiger partial charge in [-0.3, -0.25) is 4.98 Å². The van der Waals surface area contributed by atoms with Crippen molar-refractivity contribution < 1.29 is 32.9 Å². The molecular formula is C33H36ClF3N4O4. The Balaban J connectivity index is 1.77. The number of ether oxygens (including phenoxy) is 2. The van der Waals surface area contributed by atoms with Crippen LogP contribution in [-0.4, -0.2) is 59.7 Å². The molecule has 0 unspecified atom stereocenters. The Labute approximate surface area is 265 Å². The van der Waals surface area contributed by atoms with E-state index in [1.54, 1.807) is 32.0 Å². The minimum absolute atomic E-state index is 0.0484. The minimum atomic E-state index is -4.75. The van der Waals surface area contributed by atoms with Crippen LogP contribution in [0.1, 0.15) is 30.5 Å². The van der Waals surface area contributed by atoms with E-state index >= 15 is 0 Å². The molecule has 8 nitrogen and oxygen atoms in total. The van der Waals surface area contributed by atoms with Crippen LogP contribution in [0.15, 0.2) is 60.8 Å². The minimum Gasteiger partial charge on any atom is -0.496 e. The maximum atomic E-state index is 14.8. The third-order valence-corrected chi connectivity index (χ3v) is 7.39. The molecule has 2 atom stereocenters. The molecule has 45 heavy (non-hydrogen) atoms. The number of nitrogens with zero attached hydrogens (tertiary/aromatic N) is 2. The van der Waals surface area contributed by atoms with E-state index < -0.39 is 23.9 Å². The standard InChI is InChI=1S/C33H36ClF3N4O4/c1-19(42)15-38-17-22-9-8-21(14-28(22)44-3)31-30(34)25(12-13-40-31)24-6-5-7-26(29(24)33(35,36)37)27-11-10-23(32(41-27)45-4)18-39-16-20(2)43/h5-14,19-20,38-39,42-43H,15-18H2,1-4H3/t19-,20+/m1/s1. The summed E-state index contributed by atoms with van der Waals surface area (Å²) in [7, 11) is 2.92. The largest absolute Gasteiger partial charge is 0.496 e. The van der Waals surface area contributed by atoms with Crippen molar-refractivity contribution in [3.05, 3.63) is 82.5 Å². The molecular weight excluding hydrogens is 609 g/mol. The molecule has 4 aromatic rings. The first-order valence-corrected chi connectivity index (χ1v) is 14.7. The Bertz CT molecular complexity index is 1620. The molecule has 0 aliphatic carbocycles. The van der Waals surface area contributed by atoms with Crippen LogP contribution in [0.3, 0.4) is 0 Å². The quantitative estimate of drug-likeness (QED) is 0.138. The third kappa shape index (κ3) is 8.30. The van der Waals surface area contributed by atoms with Crippen LogP contribution in [0, 0.1) is 0 Å². The lowest BCUT2D eigenvalue weighted by atomic mass is 9.92. The van der Waals surface area contributed by atoms with E-state index in [9.17, 15) is 23.4 Å². The second kappa shape index (κ2) is 15.0. The van der Waals surface area contributed by atoms with Gasteiger partial charge < -0.3 is 30.3 Å². The molecule has 0 fully saturated rings. The van der Waals surface area contributed by atoms with Gasteiger partial charge in [-0.2, -0.15) is 13.2 Å². The van der Waals surface area contributed by atoms with Crippen molar-refractivity contribution in [1.29, 1.82) is 0 Å². The Hall–Kier alpha value is -3.74. The van der Waals surface area contributed by atoms with Gasteiger partial charge in [0.25, 0.3) is 0 Å². The third-order valence-electron chi connectivity index (χ3n) is 7.01. The fourth-order valence-electron chi connectivity index (χ4n) is 4.95. The van der Waals surface area contributed by atoms with Gasteiger partial charge in [0.1, 0.15) is 5.75 Å². The first kappa shape index (κ1) is 34.1. The second-order valence-electron chi connectivity index (χ2n) is 10.6. The summed E-state index contributed by atoms with van der Waals surface area (Å²) < 4.78 is 55.5. The van der Waals surface area contributed by atoms with Crippen LogP contribution < -0.4 is 20.1 Å². The number of alkyl halides is 3. The smallest absolute Gasteiger partial charge is 0.417 e. The predicted molar refractivity (Wildman–Crippen MR) is 168 cm³/mol.